The van der Waals surface area contributed by atoms with Gasteiger partial charge >= 0.3 is 5.97 Å². The molecule has 1 amide bonds. The summed E-state index contributed by atoms with van der Waals surface area (Å²) in [5, 5.41) is 54.4. The summed E-state index contributed by atoms with van der Waals surface area (Å²) in [6, 6.07) is -0.806. The number of hydrogen-bond acceptors (Lipinski definition) is 10. The number of carbonyl (C=O) groups excluding carboxylic acids is 2. The van der Waals surface area contributed by atoms with E-state index in [2.05, 4.69) is 43.5 Å². The normalized spacial score (nSPS) is 17.9. The lowest BCUT2D eigenvalue weighted by Gasteiger charge is -2.40. The molecule has 0 spiro atoms. The molecule has 1 saturated heterocycles. The first-order chi connectivity index (χ1) is 43.7. The molecule has 0 aromatic carbocycles. The molecule has 1 heterocycles. The maximum Gasteiger partial charge on any atom is 0.305 e. The minimum atomic E-state index is -1.57. The molecule has 0 aromatic heterocycles. The van der Waals surface area contributed by atoms with Crippen molar-refractivity contribution in [1.82, 2.24) is 5.32 Å². The molecule has 1 fully saturated rings. The van der Waals surface area contributed by atoms with Crippen LogP contribution < -0.4 is 5.32 Å². The van der Waals surface area contributed by atoms with E-state index in [1.807, 2.05) is 6.08 Å². The summed E-state index contributed by atoms with van der Waals surface area (Å²) < 4.78 is 16.7. The molecule has 6 N–H and O–H groups in total. The molecule has 524 valence electrons. The standard InChI is InChI=1S/C78H147NO10/c1-3-5-7-9-11-13-15-16-17-40-43-46-50-54-58-62-66-74(83)87-67-63-59-55-51-47-44-41-38-36-34-32-30-28-26-24-22-20-18-19-21-23-25-27-29-31-33-35-37-39-42-45-49-53-57-61-65-73(82)79-70(69-88-78-77(86)76(85)75(84)72(68-80)89-78)71(81)64-60-56-52-48-14-12-10-8-6-4-2/h17,20,22,40,60,64,70-72,75-78,80-81,84-86H,3-16,18-19,21,23-39,41-59,61-63,65-69H2,1-2H3,(H,79,82)/b22-20-,40-17-,64-60+. The first-order valence-corrected chi connectivity index (χ1v) is 38.8. The summed E-state index contributed by atoms with van der Waals surface area (Å²) in [4.78, 5) is 25.1. The summed E-state index contributed by atoms with van der Waals surface area (Å²) in [5.74, 6) is -0.171. The first-order valence-electron chi connectivity index (χ1n) is 38.8. The van der Waals surface area contributed by atoms with E-state index >= 15 is 0 Å². The Morgan fingerprint density at radius 2 is 0.719 bits per heavy atom. The van der Waals surface area contributed by atoms with Crippen LogP contribution in [0.3, 0.4) is 0 Å². The second kappa shape index (κ2) is 67.3. The Morgan fingerprint density at radius 3 is 1.08 bits per heavy atom. The van der Waals surface area contributed by atoms with Crippen molar-refractivity contribution < 1.29 is 49.3 Å². The smallest absolute Gasteiger partial charge is 0.305 e. The monoisotopic (exact) mass is 1260 g/mol. The van der Waals surface area contributed by atoms with Crippen molar-refractivity contribution in [2.24, 2.45) is 0 Å². The van der Waals surface area contributed by atoms with Crippen LogP contribution in [-0.2, 0) is 23.8 Å². The average Bonchev–Trinajstić information content (AvgIpc) is 1.94. The predicted octanol–water partition coefficient (Wildman–Crippen LogP) is 20.5. The van der Waals surface area contributed by atoms with Gasteiger partial charge in [-0.15, -0.1) is 0 Å². The second-order valence-electron chi connectivity index (χ2n) is 27.1. The summed E-state index contributed by atoms with van der Waals surface area (Å²) in [6.07, 6.45) is 77.5. The van der Waals surface area contributed by atoms with Crippen LogP contribution in [-0.4, -0.2) is 100 Å². The molecular formula is C78H147NO10. The summed E-state index contributed by atoms with van der Waals surface area (Å²) in [6.45, 7) is 4.36. The molecule has 7 atom stereocenters. The third kappa shape index (κ3) is 56.0. The number of nitrogens with one attached hydrogen (secondary N) is 1. The number of amides is 1. The number of unbranched alkanes of at least 4 members (excludes halogenated alkanes) is 51. The Hall–Kier alpha value is -2.12. The molecule has 0 aliphatic carbocycles. The topological polar surface area (TPSA) is 175 Å². The molecule has 0 saturated carbocycles. The van der Waals surface area contributed by atoms with Gasteiger partial charge in [-0.05, 0) is 83.5 Å². The summed E-state index contributed by atoms with van der Waals surface area (Å²) in [5.41, 5.74) is 0. The second-order valence-corrected chi connectivity index (χ2v) is 27.1. The van der Waals surface area contributed by atoms with Crippen LogP contribution in [0.25, 0.3) is 0 Å². The lowest BCUT2D eigenvalue weighted by molar-refractivity contribution is -0.302. The molecule has 7 unspecified atom stereocenters. The average molecular weight is 1260 g/mol. The zero-order valence-corrected chi connectivity index (χ0v) is 58.4. The van der Waals surface area contributed by atoms with Crippen LogP contribution in [0.4, 0.5) is 0 Å². The number of aliphatic hydroxyl groups excluding tert-OH is 5. The van der Waals surface area contributed by atoms with Gasteiger partial charge in [-0.25, -0.2) is 0 Å². The first kappa shape index (κ1) is 84.9. The van der Waals surface area contributed by atoms with E-state index in [-0.39, 0.29) is 18.5 Å². The van der Waals surface area contributed by atoms with Crippen molar-refractivity contribution in [1.29, 1.82) is 0 Å². The van der Waals surface area contributed by atoms with Gasteiger partial charge in [0.2, 0.25) is 5.91 Å². The largest absolute Gasteiger partial charge is 0.466 e. The van der Waals surface area contributed by atoms with Gasteiger partial charge in [0.05, 0.1) is 32.0 Å². The third-order valence-electron chi connectivity index (χ3n) is 18.5. The number of ether oxygens (including phenoxy) is 3. The van der Waals surface area contributed by atoms with E-state index in [1.165, 1.54) is 302 Å². The van der Waals surface area contributed by atoms with Crippen LogP contribution >= 0.6 is 0 Å². The van der Waals surface area contributed by atoms with E-state index in [1.54, 1.807) is 6.08 Å². The van der Waals surface area contributed by atoms with Crippen LogP contribution in [0.15, 0.2) is 36.5 Å². The predicted molar refractivity (Wildman–Crippen MR) is 375 cm³/mol. The zero-order chi connectivity index (χ0) is 64.4. The van der Waals surface area contributed by atoms with Crippen LogP contribution in [0.1, 0.15) is 386 Å². The van der Waals surface area contributed by atoms with Gasteiger partial charge in [0, 0.05) is 12.8 Å². The molecule has 1 rings (SSSR count). The van der Waals surface area contributed by atoms with Gasteiger partial charge in [-0.3, -0.25) is 9.59 Å². The van der Waals surface area contributed by atoms with E-state index in [0.29, 0.717) is 19.4 Å². The number of carbonyl (C=O) groups is 2. The molecule has 1 aliphatic rings. The van der Waals surface area contributed by atoms with E-state index in [4.69, 9.17) is 14.2 Å². The van der Waals surface area contributed by atoms with Crippen molar-refractivity contribution >= 4 is 11.9 Å². The molecule has 89 heavy (non-hydrogen) atoms. The Balaban J connectivity index is 1.88. The quantitative estimate of drug-likeness (QED) is 0.0195. The maximum atomic E-state index is 13.0. The number of rotatable bonds is 69. The Bertz CT molecular complexity index is 1570. The lowest BCUT2D eigenvalue weighted by Crippen LogP contribution is -2.60. The molecule has 11 nitrogen and oxygen atoms in total. The minimum Gasteiger partial charge on any atom is -0.466 e. The Kier molecular flexibility index (Phi) is 64.2. The zero-order valence-electron chi connectivity index (χ0n) is 58.4. The van der Waals surface area contributed by atoms with Crippen molar-refractivity contribution in [2.45, 2.75) is 429 Å². The van der Waals surface area contributed by atoms with Gasteiger partial charge < -0.3 is 45.1 Å². The molecule has 0 bridgehead atoms. The fourth-order valence-corrected chi connectivity index (χ4v) is 12.4. The van der Waals surface area contributed by atoms with Crippen LogP contribution in [0.2, 0.25) is 0 Å². The van der Waals surface area contributed by atoms with Gasteiger partial charge in [0.1, 0.15) is 24.4 Å². The lowest BCUT2D eigenvalue weighted by atomic mass is 9.99. The maximum absolute atomic E-state index is 13.0. The fourth-order valence-electron chi connectivity index (χ4n) is 12.4. The van der Waals surface area contributed by atoms with E-state index in [0.717, 1.165) is 57.8 Å². The van der Waals surface area contributed by atoms with Gasteiger partial charge in [0.15, 0.2) is 6.29 Å². The molecule has 0 radical (unpaired) electrons. The highest BCUT2D eigenvalue weighted by atomic mass is 16.7. The number of aliphatic hydroxyl groups is 5. The Morgan fingerprint density at radius 1 is 0.404 bits per heavy atom. The van der Waals surface area contributed by atoms with Crippen LogP contribution in [0.5, 0.6) is 0 Å². The van der Waals surface area contributed by atoms with Crippen molar-refractivity contribution in [3.63, 3.8) is 0 Å². The summed E-state index contributed by atoms with van der Waals surface area (Å²) in [7, 11) is 0. The highest BCUT2D eigenvalue weighted by molar-refractivity contribution is 5.76. The molecule has 1 aliphatic heterocycles. The highest BCUT2D eigenvalue weighted by Crippen LogP contribution is 2.24. The minimum absolute atomic E-state index is 0.00664. The Labute approximate surface area is 549 Å². The molecule has 0 aromatic rings. The van der Waals surface area contributed by atoms with E-state index < -0.39 is 49.5 Å². The molecule has 11 heteroatoms. The number of esters is 1. The van der Waals surface area contributed by atoms with Gasteiger partial charge in [0.25, 0.3) is 0 Å². The van der Waals surface area contributed by atoms with Gasteiger partial charge in [-0.2, -0.15) is 0 Å². The van der Waals surface area contributed by atoms with Crippen molar-refractivity contribution in [3.8, 4) is 0 Å². The third-order valence-corrected chi connectivity index (χ3v) is 18.5. The van der Waals surface area contributed by atoms with Crippen LogP contribution in [0, 0.1) is 0 Å². The fraction of sp³-hybridized carbons (Fsp3) is 0.897. The SMILES string of the molecule is CCCCCCCCC/C=C\CCCCCCCC(=O)OCCCCCCCCCCCCCCCC/C=C\CCCCCCCCCCCCCCCCCCCC(=O)NC(COC1OC(CO)C(O)C(O)C1O)C(O)/C=C/CCCCCCCCCC. The number of hydrogen-bond donors (Lipinski definition) is 6. The molecular weight excluding hydrogens is 1110 g/mol. The number of allylic oxidation sites excluding steroid dienone is 5. The van der Waals surface area contributed by atoms with Crippen molar-refractivity contribution in [3.05, 3.63) is 36.5 Å². The summed E-state index contributed by atoms with van der Waals surface area (Å²) >= 11 is 0. The van der Waals surface area contributed by atoms with Crippen molar-refractivity contribution in [2.75, 3.05) is 19.8 Å². The van der Waals surface area contributed by atoms with E-state index in [9.17, 15) is 35.1 Å². The highest BCUT2D eigenvalue weighted by Gasteiger charge is 2.44. The van der Waals surface area contributed by atoms with Gasteiger partial charge in [-0.1, -0.05) is 326 Å².